The maximum atomic E-state index is 13.3. The molecular formula is C19H23FN2O2. The van der Waals surface area contributed by atoms with Gasteiger partial charge in [0, 0.05) is 24.8 Å². The van der Waals surface area contributed by atoms with Crippen LogP contribution in [0.4, 0.5) is 10.1 Å². The Balaban J connectivity index is 1.69. The number of furan rings is 1. The van der Waals surface area contributed by atoms with Crippen molar-refractivity contribution in [3.63, 3.8) is 0 Å². The number of aryl methyl sites for hydroxylation is 3. The molecule has 1 aromatic heterocycles. The molecule has 5 heteroatoms. The molecule has 1 N–H and O–H groups in total. The summed E-state index contributed by atoms with van der Waals surface area (Å²) in [6.07, 6.45) is 1.93. The predicted molar refractivity (Wildman–Crippen MR) is 92.0 cm³/mol. The average molecular weight is 330 g/mol. The second-order valence-corrected chi connectivity index (χ2v) is 6.52. The molecule has 128 valence electrons. The first-order valence-electron chi connectivity index (χ1n) is 8.33. The van der Waals surface area contributed by atoms with E-state index in [1.54, 1.807) is 19.1 Å². The first kappa shape index (κ1) is 16.6. The number of amides is 1. The number of nitrogens with one attached hydrogen (secondary N) is 1. The lowest BCUT2D eigenvalue weighted by molar-refractivity contribution is 0.0931. The standard InChI is InChI=1S/C19H23FN2O2/c1-12-9-15(20)6-7-18(12)22-8-4-5-16(11-22)21-19(23)17-10-13(2)24-14(17)3/h6-7,9-10,16H,4-5,8,11H2,1-3H3,(H,21,23). The molecule has 0 bridgehead atoms. The van der Waals surface area contributed by atoms with Gasteiger partial charge in [0.1, 0.15) is 17.3 Å². The molecule has 2 heterocycles. The van der Waals surface area contributed by atoms with Crippen molar-refractivity contribution in [2.24, 2.45) is 0 Å². The highest BCUT2D eigenvalue weighted by Gasteiger charge is 2.24. The maximum Gasteiger partial charge on any atom is 0.255 e. The minimum absolute atomic E-state index is 0.0744. The van der Waals surface area contributed by atoms with Crippen molar-refractivity contribution >= 4 is 11.6 Å². The van der Waals surface area contributed by atoms with E-state index in [0.717, 1.165) is 42.9 Å². The van der Waals surface area contributed by atoms with Gasteiger partial charge in [-0.1, -0.05) is 0 Å². The van der Waals surface area contributed by atoms with Gasteiger partial charge in [0.2, 0.25) is 0 Å². The van der Waals surface area contributed by atoms with Gasteiger partial charge in [0.25, 0.3) is 5.91 Å². The van der Waals surface area contributed by atoms with E-state index in [2.05, 4.69) is 10.2 Å². The monoisotopic (exact) mass is 330 g/mol. The van der Waals surface area contributed by atoms with E-state index in [1.807, 2.05) is 19.9 Å². The number of benzene rings is 1. The van der Waals surface area contributed by atoms with Gasteiger partial charge in [-0.05, 0) is 63.4 Å². The van der Waals surface area contributed by atoms with Crippen LogP contribution in [-0.2, 0) is 0 Å². The number of piperidine rings is 1. The van der Waals surface area contributed by atoms with Gasteiger partial charge in [-0.2, -0.15) is 0 Å². The summed E-state index contributed by atoms with van der Waals surface area (Å²) in [6, 6.07) is 6.70. The molecule has 1 saturated heterocycles. The Morgan fingerprint density at radius 2 is 2.08 bits per heavy atom. The van der Waals surface area contributed by atoms with E-state index >= 15 is 0 Å². The number of carbonyl (C=O) groups is 1. The van der Waals surface area contributed by atoms with E-state index in [-0.39, 0.29) is 17.8 Å². The zero-order valence-electron chi connectivity index (χ0n) is 14.4. The quantitative estimate of drug-likeness (QED) is 0.932. The number of anilines is 1. The Kier molecular flexibility index (Phi) is 4.60. The fourth-order valence-corrected chi connectivity index (χ4v) is 3.41. The van der Waals surface area contributed by atoms with Crippen molar-refractivity contribution < 1.29 is 13.6 Å². The van der Waals surface area contributed by atoms with Crippen LogP contribution < -0.4 is 10.2 Å². The second kappa shape index (κ2) is 6.67. The number of nitrogens with zero attached hydrogens (tertiary/aromatic N) is 1. The lowest BCUT2D eigenvalue weighted by atomic mass is 10.0. The van der Waals surface area contributed by atoms with Crippen molar-refractivity contribution in [2.45, 2.75) is 39.7 Å². The predicted octanol–water partition coefficient (Wildman–Crippen LogP) is 3.74. The summed E-state index contributed by atoms with van der Waals surface area (Å²) in [5, 5.41) is 3.11. The van der Waals surface area contributed by atoms with Crippen molar-refractivity contribution in [2.75, 3.05) is 18.0 Å². The summed E-state index contributed by atoms with van der Waals surface area (Å²) in [5.41, 5.74) is 2.55. The number of hydrogen-bond acceptors (Lipinski definition) is 3. The highest BCUT2D eigenvalue weighted by atomic mass is 19.1. The van der Waals surface area contributed by atoms with Crippen LogP contribution in [-0.4, -0.2) is 25.0 Å². The molecule has 0 spiro atoms. The van der Waals surface area contributed by atoms with Crippen molar-refractivity contribution in [1.29, 1.82) is 0 Å². The van der Waals surface area contributed by atoms with Gasteiger partial charge < -0.3 is 14.6 Å². The molecule has 1 fully saturated rings. The molecule has 1 aliphatic heterocycles. The second-order valence-electron chi connectivity index (χ2n) is 6.52. The number of halogens is 1. The van der Waals surface area contributed by atoms with E-state index in [1.165, 1.54) is 6.07 Å². The molecule has 4 nitrogen and oxygen atoms in total. The molecule has 2 aromatic rings. The van der Waals surface area contributed by atoms with E-state index in [9.17, 15) is 9.18 Å². The molecule has 3 rings (SSSR count). The van der Waals surface area contributed by atoms with E-state index in [4.69, 9.17) is 4.42 Å². The largest absolute Gasteiger partial charge is 0.466 e. The highest BCUT2D eigenvalue weighted by Crippen LogP contribution is 2.25. The molecule has 0 aliphatic carbocycles. The van der Waals surface area contributed by atoms with Crippen molar-refractivity contribution in [1.82, 2.24) is 5.32 Å². The van der Waals surface area contributed by atoms with Gasteiger partial charge in [0.15, 0.2) is 0 Å². The maximum absolute atomic E-state index is 13.3. The topological polar surface area (TPSA) is 45.5 Å². The fourth-order valence-electron chi connectivity index (χ4n) is 3.41. The zero-order valence-corrected chi connectivity index (χ0v) is 14.4. The SMILES string of the molecule is Cc1cc(C(=O)NC2CCCN(c3ccc(F)cc3C)C2)c(C)o1. The van der Waals surface area contributed by atoms with Gasteiger partial charge >= 0.3 is 0 Å². The average Bonchev–Trinajstić information content (AvgIpc) is 2.86. The summed E-state index contributed by atoms with van der Waals surface area (Å²) in [6.45, 7) is 7.20. The van der Waals surface area contributed by atoms with E-state index < -0.39 is 0 Å². The minimum atomic E-state index is -0.219. The lowest BCUT2D eigenvalue weighted by Gasteiger charge is -2.35. The van der Waals surface area contributed by atoms with Crippen LogP contribution in [0.15, 0.2) is 28.7 Å². The van der Waals surface area contributed by atoms with Gasteiger partial charge in [-0.3, -0.25) is 4.79 Å². The van der Waals surface area contributed by atoms with Crippen LogP contribution in [0.3, 0.4) is 0 Å². The summed E-state index contributed by atoms with van der Waals surface area (Å²) >= 11 is 0. The van der Waals surface area contributed by atoms with Gasteiger partial charge in [-0.25, -0.2) is 4.39 Å². The van der Waals surface area contributed by atoms with Crippen LogP contribution in [0.25, 0.3) is 0 Å². The highest BCUT2D eigenvalue weighted by molar-refractivity contribution is 5.95. The van der Waals surface area contributed by atoms with Crippen LogP contribution in [0, 0.1) is 26.6 Å². The lowest BCUT2D eigenvalue weighted by Crippen LogP contribution is -2.48. The molecule has 1 unspecified atom stereocenters. The number of carbonyl (C=O) groups excluding carboxylic acids is 1. The molecule has 1 amide bonds. The Labute approximate surface area is 141 Å². The minimum Gasteiger partial charge on any atom is -0.466 e. The van der Waals surface area contributed by atoms with Crippen molar-refractivity contribution in [3.05, 3.63) is 52.7 Å². The molecule has 0 saturated carbocycles. The molecular weight excluding hydrogens is 307 g/mol. The van der Waals surface area contributed by atoms with Crippen molar-refractivity contribution in [3.8, 4) is 0 Å². The molecule has 24 heavy (non-hydrogen) atoms. The molecule has 1 aliphatic rings. The van der Waals surface area contributed by atoms with Crippen LogP contribution in [0.5, 0.6) is 0 Å². The summed E-state index contributed by atoms with van der Waals surface area (Å²) in [4.78, 5) is 14.7. The normalized spacial score (nSPS) is 17.8. The first-order chi connectivity index (χ1) is 11.4. The number of hydrogen-bond donors (Lipinski definition) is 1. The third-order valence-corrected chi connectivity index (χ3v) is 4.54. The van der Waals surface area contributed by atoms with Crippen LogP contribution in [0.2, 0.25) is 0 Å². The zero-order chi connectivity index (χ0) is 17.3. The Hall–Kier alpha value is -2.30. The van der Waals surface area contributed by atoms with Crippen LogP contribution in [0.1, 0.15) is 40.3 Å². The smallest absolute Gasteiger partial charge is 0.255 e. The Morgan fingerprint density at radius 3 is 2.75 bits per heavy atom. The Bertz CT molecular complexity index is 754. The van der Waals surface area contributed by atoms with E-state index in [0.29, 0.717) is 11.3 Å². The molecule has 1 atom stereocenters. The fraction of sp³-hybridized carbons (Fsp3) is 0.421. The third-order valence-electron chi connectivity index (χ3n) is 4.54. The van der Waals surface area contributed by atoms with Crippen LogP contribution >= 0.6 is 0 Å². The summed E-state index contributed by atoms with van der Waals surface area (Å²) in [7, 11) is 0. The third kappa shape index (κ3) is 3.45. The van der Waals surface area contributed by atoms with Gasteiger partial charge in [-0.15, -0.1) is 0 Å². The molecule has 0 radical (unpaired) electrons. The summed E-state index contributed by atoms with van der Waals surface area (Å²) < 4.78 is 18.7. The molecule has 1 aromatic carbocycles. The first-order valence-corrected chi connectivity index (χ1v) is 8.33. The number of rotatable bonds is 3. The summed E-state index contributed by atoms with van der Waals surface area (Å²) in [5.74, 6) is 1.08. The Morgan fingerprint density at radius 1 is 1.29 bits per heavy atom. The van der Waals surface area contributed by atoms with Gasteiger partial charge in [0.05, 0.1) is 5.56 Å².